The van der Waals surface area contributed by atoms with E-state index in [0.717, 1.165) is 10.9 Å². The molecule has 3 heterocycles. The number of benzene rings is 1. The van der Waals surface area contributed by atoms with E-state index in [-0.39, 0.29) is 23.5 Å². The molecule has 2 saturated heterocycles. The second-order valence-electron chi connectivity index (χ2n) is 8.14. The molecular formula is C22H28N4O4. The van der Waals surface area contributed by atoms with Gasteiger partial charge in [-0.3, -0.25) is 14.4 Å². The van der Waals surface area contributed by atoms with Crippen LogP contribution in [0.5, 0.6) is 0 Å². The minimum absolute atomic E-state index is 0.0207. The molecule has 160 valence electrons. The first kappa shape index (κ1) is 20.4. The van der Waals surface area contributed by atoms with Crippen LogP contribution >= 0.6 is 0 Å². The molecule has 2 aliphatic heterocycles. The van der Waals surface area contributed by atoms with Crippen molar-refractivity contribution in [1.82, 2.24) is 20.4 Å². The molecule has 4 rings (SSSR count). The summed E-state index contributed by atoms with van der Waals surface area (Å²) in [5.41, 5.74) is 0.465. The molecule has 0 bridgehead atoms. The van der Waals surface area contributed by atoms with Crippen LogP contribution in [-0.4, -0.2) is 72.3 Å². The van der Waals surface area contributed by atoms with E-state index in [0.29, 0.717) is 57.7 Å². The molecule has 3 amide bonds. The number of amides is 3. The molecule has 2 fully saturated rings. The maximum atomic E-state index is 13.5. The van der Waals surface area contributed by atoms with E-state index in [9.17, 15) is 14.4 Å². The minimum Gasteiger partial charge on any atom is -0.451 e. The van der Waals surface area contributed by atoms with Crippen molar-refractivity contribution in [2.45, 2.75) is 32.2 Å². The number of carbonyl (C=O) groups is 3. The Morgan fingerprint density at radius 2 is 1.67 bits per heavy atom. The van der Waals surface area contributed by atoms with Gasteiger partial charge in [-0.25, -0.2) is 0 Å². The van der Waals surface area contributed by atoms with E-state index in [4.69, 9.17) is 4.42 Å². The van der Waals surface area contributed by atoms with Gasteiger partial charge < -0.3 is 24.9 Å². The van der Waals surface area contributed by atoms with Crippen molar-refractivity contribution < 1.29 is 18.8 Å². The number of aryl methyl sites for hydroxylation is 1. The van der Waals surface area contributed by atoms with Crippen molar-refractivity contribution in [3.63, 3.8) is 0 Å². The fraction of sp³-hybridized carbons (Fsp3) is 0.500. The molecule has 0 unspecified atom stereocenters. The SMILES string of the molecule is CC(=O)N1CCN(C(=O)C2(NC(=O)c3oc4ccccc4c3C)CCNCC2)CC1. The number of hydrogen-bond donors (Lipinski definition) is 2. The second kappa shape index (κ2) is 8.10. The molecule has 0 spiro atoms. The maximum Gasteiger partial charge on any atom is 0.288 e. The lowest BCUT2D eigenvalue weighted by Crippen LogP contribution is -2.65. The molecule has 0 aliphatic carbocycles. The number of rotatable bonds is 3. The first-order valence-corrected chi connectivity index (χ1v) is 10.5. The summed E-state index contributed by atoms with van der Waals surface area (Å²) in [6.07, 6.45) is 1.04. The van der Waals surface area contributed by atoms with E-state index in [1.807, 2.05) is 31.2 Å². The highest BCUT2D eigenvalue weighted by Crippen LogP contribution is 2.27. The Bertz CT molecular complexity index is 969. The van der Waals surface area contributed by atoms with Crippen molar-refractivity contribution in [2.24, 2.45) is 0 Å². The van der Waals surface area contributed by atoms with Gasteiger partial charge in [-0.05, 0) is 38.9 Å². The molecule has 2 N–H and O–H groups in total. The van der Waals surface area contributed by atoms with E-state index in [2.05, 4.69) is 10.6 Å². The zero-order chi connectivity index (χ0) is 21.3. The van der Waals surface area contributed by atoms with Crippen molar-refractivity contribution >= 4 is 28.7 Å². The Morgan fingerprint density at radius 3 is 2.30 bits per heavy atom. The Hall–Kier alpha value is -2.87. The number of hydrogen-bond acceptors (Lipinski definition) is 5. The van der Waals surface area contributed by atoms with Gasteiger partial charge in [-0.2, -0.15) is 0 Å². The van der Waals surface area contributed by atoms with Crippen LogP contribution in [0.4, 0.5) is 0 Å². The highest BCUT2D eigenvalue weighted by molar-refractivity contribution is 6.02. The fourth-order valence-corrected chi connectivity index (χ4v) is 4.44. The number of piperazine rings is 1. The van der Waals surface area contributed by atoms with Gasteiger partial charge >= 0.3 is 0 Å². The van der Waals surface area contributed by atoms with Crippen molar-refractivity contribution in [3.05, 3.63) is 35.6 Å². The zero-order valence-electron chi connectivity index (χ0n) is 17.5. The van der Waals surface area contributed by atoms with Crippen LogP contribution in [0, 0.1) is 6.92 Å². The summed E-state index contributed by atoms with van der Waals surface area (Å²) < 4.78 is 5.82. The molecule has 0 atom stereocenters. The van der Waals surface area contributed by atoms with Gasteiger partial charge in [0.2, 0.25) is 11.8 Å². The smallest absolute Gasteiger partial charge is 0.288 e. The Morgan fingerprint density at radius 1 is 1.03 bits per heavy atom. The summed E-state index contributed by atoms with van der Waals surface area (Å²) >= 11 is 0. The zero-order valence-corrected chi connectivity index (χ0v) is 17.5. The second-order valence-corrected chi connectivity index (χ2v) is 8.14. The molecule has 2 aromatic rings. The first-order valence-electron chi connectivity index (χ1n) is 10.5. The molecule has 1 aromatic heterocycles. The molecule has 8 nitrogen and oxygen atoms in total. The summed E-state index contributed by atoms with van der Waals surface area (Å²) in [6, 6.07) is 7.53. The monoisotopic (exact) mass is 412 g/mol. The lowest BCUT2D eigenvalue weighted by Gasteiger charge is -2.43. The van der Waals surface area contributed by atoms with Crippen molar-refractivity contribution in [2.75, 3.05) is 39.3 Å². The number of piperidine rings is 1. The van der Waals surface area contributed by atoms with Crippen LogP contribution in [-0.2, 0) is 9.59 Å². The van der Waals surface area contributed by atoms with Crippen LogP contribution in [0.2, 0.25) is 0 Å². The predicted molar refractivity (Wildman–Crippen MR) is 112 cm³/mol. The van der Waals surface area contributed by atoms with Crippen LogP contribution in [0.15, 0.2) is 28.7 Å². The first-order chi connectivity index (χ1) is 14.4. The van der Waals surface area contributed by atoms with Gasteiger partial charge in [0, 0.05) is 44.1 Å². The van der Waals surface area contributed by atoms with E-state index < -0.39 is 5.54 Å². The topological polar surface area (TPSA) is 94.9 Å². The van der Waals surface area contributed by atoms with Crippen molar-refractivity contribution in [3.8, 4) is 0 Å². The molecule has 0 saturated carbocycles. The summed E-state index contributed by atoms with van der Waals surface area (Å²) in [7, 11) is 0. The van der Waals surface area contributed by atoms with Crippen LogP contribution in [0.25, 0.3) is 11.0 Å². The van der Waals surface area contributed by atoms with Gasteiger partial charge in [0.1, 0.15) is 11.1 Å². The average Bonchev–Trinajstić information content (AvgIpc) is 3.11. The predicted octanol–water partition coefficient (Wildman–Crippen LogP) is 1.28. The largest absolute Gasteiger partial charge is 0.451 e. The third-order valence-corrected chi connectivity index (χ3v) is 6.28. The number of fused-ring (bicyclic) bond motifs is 1. The third kappa shape index (κ3) is 3.67. The van der Waals surface area contributed by atoms with Crippen LogP contribution in [0.3, 0.4) is 0 Å². The maximum absolute atomic E-state index is 13.5. The molecule has 2 aliphatic rings. The van der Waals surface area contributed by atoms with Crippen LogP contribution in [0.1, 0.15) is 35.9 Å². The molecule has 0 radical (unpaired) electrons. The van der Waals surface area contributed by atoms with Gasteiger partial charge in [-0.15, -0.1) is 0 Å². The third-order valence-electron chi connectivity index (χ3n) is 6.28. The van der Waals surface area contributed by atoms with Crippen LogP contribution < -0.4 is 10.6 Å². The lowest BCUT2D eigenvalue weighted by atomic mass is 9.86. The summed E-state index contributed by atoms with van der Waals surface area (Å²) in [5.74, 6) is -0.161. The van der Waals surface area contributed by atoms with E-state index in [1.54, 1.807) is 16.7 Å². The fourth-order valence-electron chi connectivity index (χ4n) is 4.44. The summed E-state index contributed by atoms with van der Waals surface area (Å²) in [5, 5.41) is 7.20. The normalized spacial score (nSPS) is 19.0. The molecule has 1 aromatic carbocycles. The van der Waals surface area contributed by atoms with Gasteiger partial charge in [0.15, 0.2) is 5.76 Å². The number of carbonyl (C=O) groups excluding carboxylic acids is 3. The minimum atomic E-state index is -0.966. The average molecular weight is 412 g/mol. The highest BCUT2D eigenvalue weighted by atomic mass is 16.3. The quantitative estimate of drug-likeness (QED) is 0.792. The standard InChI is InChI=1S/C22H28N4O4/c1-15-17-5-3-4-6-18(17)30-19(15)20(28)24-22(7-9-23-10-8-22)21(29)26-13-11-25(12-14-26)16(2)27/h3-6,23H,7-14H2,1-2H3,(H,24,28). The Kier molecular flexibility index (Phi) is 5.51. The van der Waals surface area contributed by atoms with Crippen molar-refractivity contribution in [1.29, 1.82) is 0 Å². The number of para-hydroxylation sites is 1. The number of furan rings is 1. The Balaban J connectivity index is 1.56. The molecule has 30 heavy (non-hydrogen) atoms. The van der Waals surface area contributed by atoms with E-state index >= 15 is 0 Å². The molecular weight excluding hydrogens is 384 g/mol. The highest BCUT2D eigenvalue weighted by Gasteiger charge is 2.44. The summed E-state index contributed by atoms with van der Waals surface area (Å²) in [4.78, 5) is 41.8. The summed E-state index contributed by atoms with van der Waals surface area (Å²) in [6.45, 7) is 6.70. The number of nitrogens with one attached hydrogen (secondary N) is 2. The lowest BCUT2D eigenvalue weighted by molar-refractivity contribution is -0.144. The molecule has 8 heteroatoms. The Labute approximate surface area is 175 Å². The van der Waals surface area contributed by atoms with Gasteiger partial charge in [0.25, 0.3) is 5.91 Å². The number of nitrogens with zero attached hydrogens (tertiary/aromatic N) is 2. The van der Waals surface area contributed by atoms with Gasteiger partial charge in [0.05, 0.1) is 0 Å². The van der Waals surface area contributed by atoms with E-state index in [1.165, 1.54) is 0 Å². The van der Waals surface area contributed by atoms with Gasteiger partial charge in [-0.1, -0.05) is 18.2 Å².